The third kappa shape index (κ3) is 4.15. The molecule has 1 aliphatic rings. The smallest absolute Gasteiger partial charge is 0.225 e. The van der Waals surface area contributed by atoms with Gasteiger partial charge >= 0.3 is 0 Å². The van der Waals surface area contributed by atoms with E-state index in [1.165, 1.54) is 6.42 Å². The lowest BCUT2D eigenvalue weighted by Gasteiger charge is -2.15. The molecule has 0 bridgehead atoms. The minimum absolute atomic E-state index is 0. The Kier molecular flexibility index (Phi) is 6.88. The minimum atomic E-state index is 0. The number of aromatic nitrogens is 1. The molecule has 114 valence electrons. The lowest BCUT2D eigenvalue weighted by atomic mass is 10.3. The highest BCUT2D eigenvalue weighted by atomic mass is 35.5. The second kappa shape index (κ2) is 7.93. The SMILES string of the molecule is CCN(C(C)=O)c1nc(CN2CCC(NC)C2)cs1.Cl. The van der Waals surface area contributed by atoms with E-state index in [-0.39, 0.29) is 18.3 Å². The Morgan fingerprint density at radius 2 is 2.40 bits per heavy atom. The third-order valence-electron chi connectivity index (χ3n) is 3.53. The van der Waals surface area contributed by atoms with Gasteiger partial charge in [0.1, 0.15) is 0 Å². The van der Waals surface area contributed by atoms with Crippen molar-refractivity contribution >= 4 is 34.8 Å². The molecule has 20 heavy (non-hydrogen) atoms. The maximum Gasteiger partial charge on any atom is 0.225 e. The van der Waals surface area contributed by atoms with E-state index in [2.05, 4.69) is 20.6 Å². The van der Waals surface area contributed by atoms with Crippen LogP contribution >= 0.6 is 23.7 Å². The van der Waals surface area contributed by atoms with Crippen LogP contribution in [0, 0.1) is 0 Å². The Labute approximate surface area is 130 Å². The fraction of sp³-hybridized carbons (Fsp3) is 0.692. The monoisotopic (exact) mass is 318 g/mol. The van der Waals surface area contributed by atoms with Gasteiger partial charge in [-0.2, -0.15) is 0 Å². The number of amides is 1. The number of carbonyl (C=O) groups is 1. The topological polar surface area (TPSA) is 48.5 Å². The highest BCUT2D eigenvalue weighted by molar-refractivity contribution is 7.14. The number of likely N-dealkylation sites (tertiary alicyclic amines) is 1. The van der Waals surface area contributed by atoms with Crippen molar-refractivity contribution in [1.82, 2.24) is 15.2 Å². The van der Waals surface area contributed by atoms with E-state index in [0.29, 0.717) is 12.6 Å². The van der Waals surface area contributed by atoms with Crippen molar-refractivity contribution < 1.29 is 4.79 Å². The van der Waals surface area contributed by atoms with Crippen molar-refractivity contribution in [1.29, 1.82) is 0 Å². The average Bonchev–Trinajstić information content (AvgIpc) is 3.00. The summed E-state index contributed by atoms with van der Waals surface area (Å²) in [7, 11) is 2.01. The molecule has 1 amide bonds. The van der Waals surface area contributed by atoms with Gasteiger partial charge in [-0.3, -0.25) is 14.6 Å². The van der Waals surface area contributed by atoms with E-state index in [9.17, 15) is 4.79 Å². The summed E-state index contributed by atoms with van der Waals surface area (Å²) in [6.07, 6.45) is 1.20. The predicted octanol–water partition coefficient (Wildman–Crippen LogP) is 1.73. The number of nitrogens with one attached hydrogen (secondary N) is 1. The van der Waals surface area contributed by atoms with Crippen LogP contribution in [0.3, 0.4) is 0 Å². The zero-order valence-corrected chi connectivity index (χ0v) is 13.9. The Balaban J connectivity index is 0.00000200. The number of thiazole rings is 1. The molecule has 5 nitrogen and oxygen atoms in total. The van der Waals surface area contributed by atoms with Crippen LogP contribution in [0.5, 0.6) is 0 Å². The first kappa shape index (κ1) is 17.4. The molecule has 1 aromatic rings. The first-order valence-corrected chi connectivity index (χ1v) is 7.64. The maximum absolute atomic E-state index is 11.5. The molecule has 0 aromatic carbocycles. The van der Waals surface area contributed by atoms with Crippen molar-refractivity contribution in [3.63, 3.8) is 0 Å². The van der Waals surface area contributed by atoms with Crippen LogP contribution in [0.1, 0.15) is 26.0 Å². The summed E-state index contributed by atoms with van der Waals surface area (Å²) in [5, 5.41) is 6.19. The van der Waals surface area contributed by atoms with Gasteiger partial charge in [0, 0.05) is 44.5 Å². The molecule has 1 fully saturated rings. The van der Waals surface area contributed by atoms with E-state index in [1.807, 2.05) is 14.0 Å². The highest BCUT2D eigenvalue weighted by Crippen LogP contribution is 2.22. The molecular weight excluding hydrogens is 296 g/mol. The van der Waals surface area contributed by atoms with Crippen molar-refractivity contribution in [2.45, 2.75) is 32.9 Å². The molecule has 2 heterocycles. The molecule has 0 saturated carbocycles. The third-order valence-corrected chi connectivity index (χ3v) is 4.45. The van der Waals surface area contributed by atoms with Crippen LogP contribution in [-0.4, -0.2) is 48.5 Å². The lowest BCUT2D eigenvalue weighted by Crippen LogP contribution is -2.29. The summed E-state index contributed by atoms with van der Waals surface area (Å²) in [4.78, 5) is 20.2. The molecule has 1 saturated heterocycles. The van der Waals surface area contributed by atoms with Crippen LogP contribution in [-0.2, 0) is 11.3 Å². The quantitative estimate of drug-likeness (QED) is 0.898. The zero-order chi connectivity index (χ0) is 13.8. The Bertz CT molecular complexity index is 440. The van der Waals surface area contributed by atoms with Crippen LogP contribution in [0.4, 0.5) is 5.13 Å². The second-order valence-corrected chi connectivity index (χ2v) is 5.73. The molecule has 2 rings (SSSR count). The van der Waals surface area contributed by atoms with Gasteiger partial charge in [-0.25, -0.2) is 4.98 Å². The number of rotatable bonds is 5. The number of nitrogens with zero attached hydrogens (tertiary/aromatic N) is 3. The van der Waals surface area contributed by atoms with Gasteiger partial charge in [-0.15, -0.1) is 23.7 Å². The number of halogens is 1. The standard InChI is InChI=1S/C13H22N4OS.ClH/c1-4-17(10(2)18)13-15-12(9-19-13)8-16-6-5-11(7-16)14-3;/h9,11,14H,4-8H2,1-3H3;1H. The number of likely N-dealkylation sites (N-methyl/N-ethyl adjacent to an activating group) is 1. The number of hydrogen-bond donors (Lipinski definition) is 1. The van der Waals surface area contributed by atoms with E-state index < -0.39 is 0 Å². The van der Waals surface area contributed by atoms with Crippen molar-refractivity contribution in [2.24, 2.45) is 0 Å². The van der Waals surface area contributed by atoms with Crippen LogP contribution in [0.15, 0.2) is 5.38 Å². The zero-order valence-electron chi connectivity index (χ0n) is 12.3. The normalized spacial score (nSPS) is 18.9. The van der Waals surface area contributed by atoms with Crippen molar-refractivity contribution in [3.05, 3.63) is 11.1 Å². The minimum Gasteiger partial charge on any atom is -0.316 e. The predicted molar refractivity (Wildman–Crippen MR) is 85.8 cm³/mol. The fourth-order valence-corrected chi connectivity index (χ4v) is 3.35. The average molecular weight is 319 g/mol. The molecule has 0 radical (unpaired) electrons. The summed E-state index contributed by atoms with van der Waals surface area (Å²) in [6.45, 7) is 7.30. The number of hydrogen-bond acceptors (Lipinski definition) is 5. The number of anilines is 1. The van der Waals surface area contributed by atoms with E-state index in [0.717, 1.165) is 30.5 Å². The van der Waals surface area contributed by atoms with E-state index >= 15 is 0 Å². The Hall–Kier alpha value is -0.690. The van der Waals surface area contributed by atoms with Crippen molar-refractivity contribution in [2.75, 3.05) is 31.6 Å². The van der Waals surface area contributed by atoms with Gasteiger partial charge in [0.2, 0.25) is 5.91 Å². The van der Waals surface area contributed by atoms with Gasteiger partial charge in [0.15, 0.2) is 5.13 Å². The summed E-state index contributed by atoms with van der Waals surface area (Å²) < 4.78 is 0. The summed E-state index contributed by atoms with van der Waals surface area (Å²) in [6, 6.07) is 0.600. The molecule has 7 heteroatoms. The first-order chi connectivity index (χ1) is 9.13. The second-order valence-electron chi connectivity index (χ2n) is 4.89. The van der Waals surface area contributed by atoms with Crippen LogP contribution < -0.4 is 10.2 Å². The molecule has 1 aliphatic heterocycles. The fourth-order valence-electron chi connectivity index (χ4n) is 2.43. The molecular formula is C13H23ClN4OS. The van der Waals surface area contributed by atoms with Crippen molar-refractivity contribution in [3.8, 4) is 0 Å². The van der Waals surface area contributed by atoms with Crippen LogP contribution in [0.2, 0.25) is 0 Å². The van der Waals surface area contributed by atoms with E-state index in [4.69, 9.17) is 0 Å². The molecule has 0 aliphatic carbocycles. The van der Waals surface area contributed by atoms with Gasteiger partial charge in [0.05, 0.1) is 5.69 Å². The van der Waals surface area contributed by atoms with Crippen LogP contribution in [0.25, 0.3) is 0 Å². The summed E-state index contributed by atoms with van der Waals surface area (Å²) >= 11 is 1.55. The van der Waals surface area contributed by atoms with Gasteiger partial charge in [0.25, 0.3) is 0 Å². The van der Waals surface area contributed by atoms with Gasteiger partial charge in [-0.1, -0.05) is 0 Å². The highest BCUT2D eigenvalue weighted by Gasteiger charge is 2.22. The molecule has 1 N–H and O–H groups in total. The van der Waals surface area contributed by atoms with Gasteiger partial charge < -0.3 is 5.32 Å². The number of carbonyl (C=O) groups excluding carboxylic acids is 1. The molecule has 1 aromatic heterocycles. The lowest BCUT2D eigenvalue weighted by molar-refractivity contribution is -0.116. The van der Waals surface area contributed by atoms with Gasteiger partial charge in [-0.05, 0) is 20.4 Å². The summed E-state index contributed by atoms with van der Waals surface area (Å²) in [5.74, 6) is 0.0554. The molecule has 1 unspecified atom stereocenters. The summed E-state index contributed by atoms with van der Waals surface area (Å²) in [5.41, 5.74) is 1.07. The maximum atomic E-state index is 11.5. The Morgan fingerprint density at radius 1 is 1.65 bits per heavy atom. The largest absolute Gasteiger partial charge is 0.316 e. The molecule has 1 atom stereocenters. The Morgan fingerprint density at radius 3 is 2.95 bits per heavy atom. The van der Waals surface area contributed by atoms with E-state index in [1.54, 1.807) is 23.2 Å². The molecule has 0 spiro atoms. The first-order valence-electron chi connectivity index (χ1n) is 6.76.